The molecule has 0 aliphatic heterocycles. The number of rotatable bonds is 2. The highest BCUT2D eigenvalue weighted by Crippen LogP contribution is 1.81. The van der Waals surface area contributed by atoms with Crippen LogP contribution in [0.4, 0.5) is 0 Å². The topological polar surface area (TPSA) is 93.1 Å². The van der Waals surface area contributed by atoms with Gasteiger partial charge in [-0.2, -0.15) is 0 Å². The molecule has 0 spiro atoms. The molecule has 0 unspecified atom stereocenters. The second kappa shape index (κ2) is 8.46. The maximum absolute atomic E-state index is 10.0. The summed E-state index contributed by atoms with van der Waals surface area (Å²) in [6.45, 7) is 2.71. The Bertz CT molecular complexity index is 155. The van der Waals surface area contributed by atoms with Gasteiger partial charge in [0.2, 0.25) is 0 Å². The molecule has 0 aromatic rings. The Balaban J connectivity index is 0. The zero-order valence-corrected chi connectivity index (χ0v) is 8.68. The molecule has 6 heteroatoms. The van der Waals surface area contributed by atoms with Crippen molar-refractivity contribution in [2.75, 3.05) is 14.2 Å². The molecule has 0 amide bonds. The fraction of sp³-hybridized carbons (Fsp3) is 0.750. The molecule has 2 N–H and O–H groups in total. The Labute approximate surface area is 82.4 Å². The van der Waals surface area contributed by atoms with Crippen LogP contribution in [0.15, 0.2) is 0 Å². The summed E-state index contributed by atoms with van der Waals surface area (Å²) in [5.41, 5.74) is 0. The van der Waals surface area contributed by atoms with Crippen molar-refractivity contribution in [2.45, 2.75) is 26.1 Å². The number of methoxy groups -OCH3 is 2. The van der Waals surface area contributed by atoms with Crippen molar-refractivity contribution >= 4 is 11.9 Å². The van der Waals surface area contributed by atoms with Crippen LogP contribution < -0.4 is 0 Å². The van der Waals surface area contributed by atoms with Crippen molar-refractivity contribution in [3.05, 3.63) is 0 Å². The van der Waals surface area contributed by atoms with E-state index in [0.29, 0.717) is 0 Å². The molecule has 0 heterocycles. The van der Waals surface area contributed by atoms with E-state index in [0.717, 1.165) is 0 Å². The van der Waals surface area contributed by atoms with E-state index in [2.05, 4.69) is 9.47 Å². The number of hydrogen-bond donors (Lipinski definition) is 2. The largest absolute Gasteiger partial charge is 0.467 e. The van der Waals surface area contributed by atoms with E-state index in [-0.39, 0.29) is 0 Å². The van der Waals surface area contributed by atoms with Crippen molar-refractivity contribution in [1.82, 2.24) is 0 Å². The number of aliphatic hydroxyl groups is 2. The lowest BCUT2D eigenvalue weighted by Gasteiger charge is -1.97. The second-order valence-corrected chi connectivity index (χ2v) is 2.40. The maximum Gasteiger partial charge on any atom is 0.334 e. The molecule has 0 aromatic carbocycles. The first kappa shape index (κ1) is 15.3. The number of carbonyl (C=O) groups excluding carboxylic acids is 2. The summed E-state index contributed by atoms with van der Waals surface area (Å²) in [6.07, 6.45) is -1.99. The van der Waals surface area contributed by atoms with Crippen LogP contribution in [0.25, 0.3) is 0 Å². The highest BCUT2D eigenvalue weighted by Gasteiger charge is 2.05. The lowest BCUT2D eigenvalue weighted by molar-refractivity contribution is -0.149. The minimum atomic E-state index is -0.995. The molecule has 0 radical (unpaired) electrons. The minimum Gasteiger partial charge on any atom is -0.467 e. The Morgan fingerprint density at radius 1 is 0.929 bits per heavy atom. The number of carbonyl (C=O) groups is 2. The van der Waals surface area contributed by atoms with Crippen LogP contribution >= 0.6 is 0 Å². The van der Waals surface area contributed by atoms with Crippen LogP contribution in [-0.4, -0.2) is 48.6 Å². The van der Waals surface area contributed by atoms with Gasteiger partial charge in [-0.05, 0) is 13.8 Å². The van der Waals surface area contributed by atoms with Gasteiger partial charge in [0.15, 0.2) is 0 Å². The third kappa shape index (κ3) is 8.95. The normalized spacial score (nSPS) is 13.0. The standard InChI is InChI=1S/2C4H8O3/c2*1-3(5)4(6)7-2/h2*3,5H,1-2H3/t2*3-/m10/s1. The minimum absolute atomic E-state index is 0.597. The second-order valence-electron chi connectivity index (χ2n) is 2.40. The fourth-order valence-corrected chi connectivity index (χ4v) is 0.341. The monoisotopic (exact) mass is 208 g/mol. The lowest BCUT2D eigenvalue weighted by Crippen LogP contribution is -2.16. The zero-order valence-electron chi connectivity index (χ0n) is 8.68. The summed E-state index contributed by atoms with van der Waals surface area (Å²) >= 11 is 0. The van der Waals surface area contributed by atoms with Gasteiger partial charge in [0.25, 0.3) is 0 Å². The number of aliphatic hydroxyl groups excluding tert-OH is 2. The molecule has 14 heavy (non-hydrogen) atoms. The first-order chi connectivity index (χ1) is 6.36. The van der Waals surface area contributed by atoms with E-state index in [1.54, 1.807) is 0 Å². The van der Waals surface area contributed by atoms with E-state index in [9.17, 15) is 9.59 Å². The smallest absolute Gasteiger partial charge is 0.334 e. The number of esters is 2. The number of hydrogen-bond acceptors (Lipinski definition) is 6. The first-order valence-electron chi connectivity index (χ1n) is 3.88. The van der Waals surface area contributed by atoms with Crippen molar-refractivity contribution in [3.63, 3.8) is 0 Å². The van der Waals surface area contributed by atoms with Crippen LogP contribution in [-0.2, 0) is 19.1 Å². The zero-order chi connectivity index (χ0) is 11.7. The van der Waals surface area contributed by atoms with E-state index in [1.165, 1.54) is 28.1 Å². The molecule has 0 fully saturated rings. The molecule has 6 nitrogen and oxygen atoms in total. The molecule has 0 rings (SSSR count). The average Bonchev–Trinajstić information content (AvgIpc) is 2.15. The van der Waals surface area contributed by atoms with E-state index in [4.69, 9.17) is 10.2 Å². The van der Waals surface area contributed by atoms with Crippen LogP contribution in [0.1, 0.15) is 13.8 Å². The molecular weight excluding hydrogens is 192 g/mol. The van der Waals surface area contributed by atoms with Gasteiger partial charge in [-0.25, -0.2) is 9.59 Å². The van der Waals surface area contributed by atoms with E-state index in [1.807, 2.05) is 0 Å². The van der Waals surface area contributed by atoms with Gasteiger partial charge in [-0.1, -0.05) is 0 Å². The molecule has 0 aliphatic carbocycles. The summed E-state index contributed by atoms with van der Waals surface area (Å²) in [5.74, 6) is -1.19. The highest BCUT2D eigenvalue weighted by molar-refractivity contribution is 5.73. The average molecular weight is 208 g/mol. The van der Waals surface area contributed by atoms with Gasteiger partial charge < -0.3 is 19.7 Å². The summed E-state index contributed by atoms with van der Waals surface area (Å²) < 4.78 is 8.25. The molecule has 84 valence electrons. The Morgan fingerprint density at radius 2 is 1.14 bits per heavy atom. The predicted octanol–water partition coefficient (Wildman–Crippen LogP) is -0.920. The molecule has 2 atom stereocenters. The first-order valence-corrected chi connectivity index (χ1v) is 3.88. The van der Waals surface area contributed by atoms with E-state index >= 15 is 0 Å². The SMILES string of the molecule is COC(=O)[C@@H](C)O.COC(=O)[C@H](C)O. The third-order valence-electron chi connectivity index (χ3n) is 1.08. The number of ether oxygens (including phenoxy) is 2. The van der Waals surface area contributed by atoms with Crippen LogP contribution in [0.2, 0.25) is 0 Å². The van der Waals surface area contributed by atoms with Gasteiger partial charge in [0.05, 0.1) is 14.2 Å². The predicted molar refractivity (Wildman–Crippen MR) is 47.4 cm³/mol. The molecule has 0 aliphatic rings. The maximum atomic E-state index is 10.0. The molecule has 0 bridgehead atoms. The van der Waals surface area contributed by atoms with Crippen molar-refractivity contribution < 1.29 is 29.3 Å². The van der Waals surface area contributed by atoms with Crippen LogP contribution in [0.3, 0.4) is 0 Å². The van der Waals surface area contributed by atoms with Gasteiger partial charge in [0, 0.05) is 0 Å². The summed E-state index contributed by atoms with van der Waals surface area (Å²) in [4.78, 5) is 20.1. The third-order valence-corrected chi connectivity index (χ3v) is 1.08. The van der Waals surface area contributed by atoms with Crippen molar-refractivity contribution in [1.29, 1.82) is 0 Å². The lowest BCUT2D eigenvalue weighted by atomic mass is 10.4. The van der Waals surface area contributed by atoms with Gasteiger partial charge >= 0.3 is 11.9 Å². The summed E-state index contributed by atoms with van der Waals surface area (Å²) in [5, 5.41) is 16.7. The summed E-state index contributed by atoms with van der Waals surface area (Å²) in [6, 6.07) is 0. The Kier molecular flexibility index (Phi) is 9.27. The molecule has 0 saturated heterocycles. The Hall–Kier alpha value is -1.14. The summed E-state index contributed by atoms with van der Waals surface area (Å²) in [7, 11) is 2.46. The van der Waals surface area contributed by atoms with Gasteiger partial charge in [-0.3, -0.25) is 0 Å². The van der Waals surface area contributed by atoms with Gasteiger partial charge in [-0.15, -0.1) is 0 Å². The van der Waals surface area contributed by atoms with Crippen LogP contribution in [0.5, 0.6) is 0 Å². The fourth-order valence-electron chi connectivity index (χ4n) is 0.341. The van der Waals surface area contributed by atoms with Crippen molar-refractivity contribution in [3.8, 4) is 0 Å². The van der Waals surface area contributed by atoms with Crippen LogP contribution in [0, 0.1) is 0 Å². The van der Waals surface area contributed by atoms with E-state index < -0.39 is 24.1 Å². The molecule has 0 aromatic heterocycles. The Morgan fingerprint density at radius 3 is 1.14 bits per heavy atom. The van der Waals surface area contributed by atoms with Gasteiger partial charge in [0.1, 0.15) is 12.2 Å². The quantitative estimate of drug-likeness (QED) is 0.570. The van der Waals surface area contributed by atoms with Crippen molar-refractivity contribution in [2.24, 2.45) is 0 Å². The molecule has 0 saturated carbocycles. The highest BCUT2D eigenvalue weighted by atomic mass is 16.5. The molecular formula is C8H16O6.